The van der Waals surface area contributed by atoms with Crippen LogP contribution < -0.4 is 4.72 Å². The third-order valence-electron chi connectivity index (χ3n) is 2.33. The Morgan fingerprint density at radius 1 is 1.37 bits per heavy atom. The quantitative estimate of drug-likeness (QED) is 0.772. The molecular weight excluding hydrogens is 333 g/mol. The summed E-state index contributed by atoms with van der Waals surface area (Å²) in [5, 5.41) is 0.407. The van der Waals surface area contributed by atoms with Crippen molar-refractivity contribution >= 4 is 44.8 Å². The lowest BCUT2D eigenvalue weighted by atomic mass is 10.3. The van der Waals surface area contributed by atoms with E-state index in [2.05, 4.69) is 4.72 Å². The molecular formula is C11H14Cl3NO3S. The van der Waals surface area contributed by atoms with Gasteiger partial charge in [-0.25, -0.2) is 13.1 Å². The molecule has 1 rings (SSSR count). The van der Waals surface area contributed by atoms with E-state index >= 15 is 0 Å². The van der Waals surface area contributed by atoms with E-state index in [9.17, 15) is 8.42 Å². The summed E-state index contributed by atoms with van der Waals surface area (Å²) >= 11 is 17.3. The Labute approximate surface area is 128 Å². The molecule has 0 heterocycles. The molecule has 0 amide bonds. The summed E-state index contributed by atoms with van der Waals surface area (Å²) in [4.78, 5) is -0.0580. The van der Waals surface area contributed by atoms with Crippen LogP contribution in [0.15, 0.2) is 23.1 Å². The van der Waals surface area contributed by atoms with Gasteiger partial charge in [0.25, 0.3) is 0 Å². The number of nitrogens with one attached hydrogen (secondary N) is 1. The number of halogens is 3. The van der Waals surface area contributed by atoms with Crippen molar-refractivity contribution in [2.45, 2.75) is 17.4 Å². The number of ether oxygens (including phenoxy) is 1. The molecule has 8 heteroatoms. The van der Waals surface area contributed by atoms with Crippen LogP contribution in [-0.2, 0) is 14.8 Å². The summed E-state index contributed by atoms with van der Waals surface area (Å²) in [6.07, 6.45) is 0.451. The maximum absolute atomic E-state index is 12.2. The molecule has 0 bridgehead atoms. The van der Waals surface area contributed by atoms with Crippen LogP contribution in [0.3, 0.4) is 0 Å². The summed E-state index contributed by atoms with van der Waals surface area (Å²) in [5.41, 5.74) is 0. The molecule has 4 nitrogen and oxygen atoms in total. The molecule has 0 saturated carbocycles. The SMILES string of the molecule is COCC(CCCl)NS(=O)(=O)c1cc(Cl)ccc1Cl. The topological polar surface area (TPSA) is 55.4 Å². The van der Waals surface area contributed by atoms with Gasteiger partial charge in [-0.2, -0.15) is 0 Å². The van der Waals surface area contributed by atoms with Crippen molar-refractivity contribution in [2.24, 2.45) is 0 Å². The van der Waals surface area contributed by atoms with E-state index in [-0.39, 0.29) is 16.5 Å². The lowest BCUT2D eigenvalue weighted by molar-refractivity contribution is 0.173. The Hall–Kier alpha value is -0.0400. The number of hydrogen-bond acceptors (Lipinski definition) is 3. The molecule has 0 fully saturated rings. The van der Waals surface area contributed by atoms with Gasteiger partial charge in [-0.1, -0.05) is 23.2 Å². The van der Waals surface area contributed by atoms with Gasteiger partial charge in [-0.15, -0.1) is 11.6 Å². The highest BCUT2D eigenvalue weighted by Crippen LogP contribution is 2.25. The molecule has 0 spiro atoms. The van der Waals surface area contributed by atoms with E-state index in [0.717, 1.165) is 0 Å². The van der Waals surface area contributed by atoms with Crippen molar-refractivity contribution < 1.29 is 13.2 Å². The summed E-state index contributed by atoms with van der Waals surface area (Å²) in [5.74, 6) is 0.319. The molecule has 0 saturated heterocycles. The van der Waals surface area contributed by atoms with E-state index in [1.54, 1.807) is 0 Å². The van der Waals surface area contributed by atoms with Gasteiger partial charge in [0.15, 0.2) is 0 Å². The molecule has 108 valence electrons. The van der Waals surface area contributed by atoms with E-state index in [0.29, 0.717) is 17.3 Å². The standard InChI is InChI=1S/C11H14Cl3NO3S/c1-18-7-9(4-5-12)15-19(16,17)11-6-8(13)2-3-10(11)14/h2-3,6,9,15H,4-5,7H2,1H3. The van der Waals surface area contributed by atoms with Crippen LogP contribution in [0.1, 0.15) is 6.42 Å². The summed E-state index contributed by atoms with van der Waals surface area (Å²) in [6, 6.07) is 3.85. The fraction of sp³-hybridized carbons (Fsp3) is 0.455. The van der Waals surface area contributed by atoms with Crippen LogP contribution >= 0.6 is 34.8 Å². The highest BCUT2D eigenvalue weighted by molar-refractivity contribution is 7.89. The van der Waals surface area contributed by atoms with Crippen molar-refractivity contribution in [3.05, 3.63) is 28.2 Å². The zero-order chi connectivity index (χ0) is 14.5. The van der Waals surface area contributed by atoms with Gasteiger partial charge in [0.1, 0.15) is 4.90 Å². The van der Waals surface area contributed by atoms with Gasteiger partial charge in [0.2, 0.25) is 10.0 Å². The summed E-state index contributed by atoms with van der Waals surface area (Å²) in [7, 11) is -2.27. The zero-order valence-corrected chi connectivity index (χ0v) is 13.3. The third-order valence-corrected chi connectivity index (χ3v) is 4.79. The van der Waals surface area contributed by atoms with Crippen LogP contribution in [0.5, 0.6) is 0 Å². The van der Waals surface area contributed by atoms with Crippen molar-refractivity contribution in [3.63, 3.8) is 0 Å². The maximum atomic E-state index is 12.2. The highest BCUT2D eigenvalue weighted by Gasteiger charge is 2.22. The maximum Gasteiger partial charge on any atom is 0.242 e. The van der Waals surface area contributed by atoms with Gasteiger partial charge >= 0.3 is 0 Å². The van der Waals surface area contributed by atoms with Gasteiger partial charge < -0.3 is 4.74 Å². The summed E-state index contributed by atoms with van der Waals surface area (Å²) in [6.45, 7) is 0.226. The normalized spacial score (nSPS) is 13.5. The minimum absolute atomic E-state index is 0.0580. The predicted octanol–water partition coefficient (Wildman–Crippen LogP) is 2.92. The minimum atomic E-state index is -3.76. The van der Waals surface area contributed by atoms with Crippen LogP contribution in [0.25, 0.3) is 0 Å². The molecule has 19 heavy (non-hydrogen) atoms. The second-order valence-corrected chi connectivity index (χ2v) is 6.73. The molecule has 0 radical (unpaired) electrons. The zero-order valence-electron chi connectivity index (χ0n) is 10.2. The van der Waals surface area contributed by atoms with E-state index < -0.39 is 16.1 Å². The minimum Gasteiger partial charge on any atom is -0.383 e. The number of hydrogen-bond donors (Lipinski definition) is 1. The Kier molecular flexibility index (Phi) is 6.86. The molecule has 1 atom stereocenters. The smallest absolute Gasteiger partial charge is 0.242 e. The van der Waals surface area contributed by atoms with E-state index in [4.69, 9.17) is 39.5 Å². The van der Waals surface area contributed by atoms with E-state index in [1.807, 2.05) is 0 Å². The van der Waals surface area contributed by atoms with Crippen molar-refractivity contribution in [1.82, 2.24) is 4.72 Å². The second kappa shape index (κ2) is 7.67. The summed E-state index contributed by atoms with van der Waals surface area (Å²) < 4.78 is 31.9. The second-order valence-electron chi connectivity index (χ2n) is 3.83. The molecule has 0 aliphatic carbocycles. The first kappa shape index (κ1) is 17.0. The van der Waals surface area contributed by atoms with Gasteiger partial charge in [-0.05, 0) is 24.6 Å². The predicted molar refractivity (Wildman–Crippen MR) is 77.8 cm³/mol. The van der Waals surface area contributed by atoms with Crippen LogP contribution in [0, 0.1) is 0 Å². The Bertz CT molecular complexity index is 516. The Balaban J connectivity index is 2.99. The highest BCUT2D eigenvalue weighted by atomic mass is 35.5. The molecule has 0 aliphatic rings. The lowest BCUT2D eigenvalue weighted by Gasteiger charge is -2.17. The number of benzene rings is 1. The third kappa shape index (κ3) is 5.10. The Morgan fingerprint density at radius 2 is 2.05 bits per heavy atom. The fourth-order valence-corrected chi connectivity index (χ4v) is 3.76. The van der Waals surface area contributed by atoms with Crippen LogP contribution in [0.2, 0.25) is 10.0 Å². The first-order valence-electron chi connectivity index (χ1n) is 5.43. The van der Waals surface area contributed by atoms with Gasteiger partial charge in [0, 0.05) is 24.1 Å². The van der Waals surface area contributed by atoms with Crippen LogP contribution in [-0.4, -0.2) is 34.1 Å². The average molecular weight is 347 g/mol. The molecule has 0 aromatic heterocycles. The largest absolute Gasteiger partial charge is 0.383 e. The molecule has 0 aliphatic heterocycles. The fourth-order valence-electron chi connectivity index (χ4n) is 1.48. The van der Waals surface area contributed by atoms with Crippen LogP contribution in [0.4, 0.5) is 0 Å². The van der Waals surface area contributed by atoms with E-state index in [1.165, 1.54) is 25.3 Å². The van der Waals surface area contributed by atoms with Gasteiger partial charge in [-0.3, -0.25) is 0 Å². The number of methoxy groups -OCH3 is 1. The number of sulfonamides is 1. The van der Waals surface area contributed by atoms with Crippen molar-refractivity contribution in [2.75, 3.05) is 19.6 Å². The van der Waals surface area contributed by atoms with Gasteiger partial charge in [0.05, 0.1) is 11.6 Å². The molecule has 1 unspecified atom stereocenters. The number of alkyl halides is 1. The molecule has 1 N–H and O–H groups in total. The average Bonchev–Trinajstić information content (AvgIpc) is 2.32. The first-order chi connectivity index (χ1) is 8.90. The molecule has 1 aromatic carbocycles. The first-order valence-corrected chi connectivity index (χ1v) is 8.20. The number of rotatable bonds is 7. The Morgan fingerprint density at radius 3 is 2.63 bits per heavy atom. The lowest BCUT2D eigenvalue weighted by Crippen LogP contribution is -2.38. The van der Waals surface area contributed by atoms with Crippen molar-refractivity contribution in [3.8, 4) is 0 Å². The monoisotopic (exact) mass is 345 g/mol. The molecule has 1 aromatic rings. The van der Waals surface area contributed by atoms with Crippen molar-refractivity contribution in [1.29, 1.82) is 0 Å².